The maximum Gasteiger partial charge on any atom is 0.316 e. The lowest BCUT2D eigenvalue weighted by Gasteiger charge is -2.05. The van der Waals surface area contributed by atoms with E-state index in [0.29, 0.717) is 11.4 Å². The monoisotopic (exact) mass is 267 g/mol. The molecule has 0 saturated carbocycles. The number of aromatic nitrogens is 2. The molecule has 0 aromatic carbocycles. The molecule has 0 aliphatic rings. The van der Waals surface area contributed by atoms with Crippen LogP contribution in [0, 0.1) is 13.8 Å². The van der Waals surface area contributed by atoms with Crippen LogP contribution in [-0.2, 0) is 9.59 Å². The third-order valence-corrected chi connectivity index (χ3v) is 1.98. The van der Waals surface area contributed by atoms with Crippen molar-refractivity contribution in [1.82, 2.24) is 15.3 Å². The Bertz CT molecular complexity index is 483. The molecule has 1 heterocycles. The Labute approximate surface area is 109 Å². The van der Waals surface area contributed by atoms with Crippen molar-refractivity contribution in [2.24, 2.45) is 5.73 Å². The van der Waals surface area contributed by atoms with E-state index < -0.39 is 11.8 Å². The number of carbonyl (C=O) groups excluding carboxylic acids is 2. The lowest BCUT2D eigenvalue weighted by atomic mass is 10.3. The van der Waals surface area contributed by atoms with Gasteiger partial charge in [0.25, 0.3) is 0 Å². The highest BCUT2D eigenvalue weighted by molar-refractivity contribution is 7.80. The van der Waals surface area contributed by atoms with E-state index in [2.05, 4.69) is 32.8 Å². The van der Waals surface area contributed by atoms with Crippen LogP contribution in [0.25, 0.3) is 0 Å². The van der Waals surface area contributed by atoms with Crippen LogP contribution < -0.4 is 16.4 Å². The molecule has 8 heteroatoms. The SMILES string of the molecule is Cc1cc(C)nc(NC(=O)C(=O)NCC(N)=S)n1. The first-order valence-electron chi connectivity index (χ1n) is 5.08. The van der Waals surface area contributed by atoms with Gasteiger partial charge in [0.15, 0.2) is 0 Å². The van der Waals surface area contributed by atoms with E-state index in [1.54, 1.807) is 19.9 Å². The van der Waals surface area contributed by atoms with Crippen molar-refractivity contribution in [3.8, 4) is 0 Å². The van der Waals surface area contributed by atoms with Gasteiger partial charge in [-0.2, -0.15) is 0 Å². The molecular formula is C10H13N5O2S. The third-order valence-electron chi connectivity index (χ3n) is 1.84. The molecule has 0 aliphatic heterocycles. The average molecular weight is 267 g/mol. The van der Waals surface area contributed by atoms with Crippen LogP contribution in [0.4, 0.5) is 5.95 Å². The second-order valence-corrected chi connectivity index (χ2v) is 4.10. The van der Waals surface area contributed by atoms with Crippen molar-refractivity contribution in [2.45, 2.75) is 13.8 Å². The molecule has 7 nitrogen and oxygen atoms in total. The largest absolute Gasteiger partial charge is 0.392 e. The maximum absolute atomic E-state index is 11.5. The number of rotatable bonds is 3. The molecule has 0 spiro atoms. The molecule has 0 atom stereocenters. The van der Waals surface area contributed by atoms with E-state index in [1.165, 1.54) is 0 Å². The summed E-state index contributed by atoms with van der Waals surface area (Å²) in [5.41, 5.74) is 6.58. The summed E-state index contributed by atoms with van der Waals surface area (Å²) < 4.78 is 0. The Balaban J connectivity index is 2.63. The number of carbonyl (C=O) groups is 2. The van der Waals surface area contributed by atoms with Gasteiger partial charge >= 0.3 is 11.8 Å². The van der Waals surface area contributed by atoms with Gasteiger partial charge in [-0.05, 0) is 19.9 Å². The van der Waals surface area contributed by atoms with Crippen LogP contribution in [-0.4, -0.2) is 33.3 Å². The molecule has 1 aromatic heterocycles. The molecule has 0 radical (unpaired) electrons. The zero-order valence-corrected chi connectivity index (χ0v) is 10.8. The summed E-state index contributed by atoms with van der Waals surface area (Å²) >= 11 is 4.57. The molecule has 1 rings (SSSR count). The van der Waals surface area contributed by atoms with Gasteiger partial charge in [-0.3, -0.25) is 14.9 Å². The van der Waals surface area contributed by atoms with Crippen molar-refractivity contribution in [2.75, 3.05) is 11.9 Å². The number of nitrogens with two attached hydrogens (primary N) is 1. The molecule has 96 valence electrons. The number of anilines is 1. The Hall–Kier alpha value is -2.09. The highest BCUT2D eigenvalue weighted by atomic mass is 32.1. The quantitative estimate of drug-likeness (QED) is 0.500. The van der Waals surface area contributed by atoms with E-state index in [0.717, 1.165) is 0 Å². The van der Waals surface area contributed by atoms with Crippen LogP contribution in [0.3, 0.4) is 0 Å². The van der Waals surface area contributed by atoms with Gasteiger partial charge in [0.05, 0.1) is 11.5 Å². The Morgan fingerprint density at radius 3 is 2.33 bits per heavy atom. The fourth-order valence-electron chi connectivity index (χ4n) is 1.19. The highest BCUT2D eigenvalue weighted by Crippen LogP contribution is 2.03. The number of nitrogens with zero attached hydrogens (tertiary/aromatic N) is 2. The summed E-state index contributed by atoms with van der Waals surface area (Å²) in [6.07, 6.45) is 0. The minimum Gasteiger partial charge on any atom is -0.392 e. The van der Waals surface area contributed by atoms with Gasteiger partial charge < -0.3 is 11.1 Å². The molecule has 0 aliphatic carbocycles. The third kappa shape index (κ3) is 4.42. The van der Waals surface area contributed by atoms with Crippen molar-refractivity contribution in [3.05, 3.63) is 17.5 Å². The zero-order chi connectivity index (χ0) is 13.7. The van der Waals surface area contributed by atoms with Gasteiger partial charge in [-0.1, -0.05) is 12.2 Å². The van der Waals surface area contributed by atoms with E-state index in [9.17, 15) is 9.59 Å². The minimum atomic E-state index is -0.865. The molecule has 0 bridgehead atoms. The normalized spacial score (nSPS) is 9.67. The van der Waals surface area contributed by atoms with Crippen LogP contribution in [0.15, 0.2) is 6.07 Å². The Morgan fingerprint density at radius 2 is 1.83 bits per heavy atom. The summed E-state index contributed by atoms with van der Waals surface area (Å²) in [7, 11) is 0. The van der Waals surface area contributed by atoms with Crippen LogP contribution >= 0.6 is 12.2 Å². The molecule has 0 unspecified atom stereocenters. The number of hydrogen-bond donors (Lipinski definition) is 3. The summed E-state index contributed by atoms with van der Waals surface area (Å²) in [5.74, 6) is -1.62. The first-order chi connectivity index (χ1) is 8.38. The van der Waals surface area contributed by atoms with Crippen molar-refractivity contribution in [1.29, 1.82) is 0 Å². The van der Waals surface area contributed by atoms with Gasteiger partial charge in [0.2, 0.25) is 5.95 Å². The number of thiocarbonyl (C=S) groups is 1. The standard InChI is InChI=1S/C10H13N5O2S/c1-5-3-6(2)14-10(13-5)15-9(17)8(16)12-4-7(11)18/h3H,4H2,1-2H3,(H2,11,18)(H,12,16)(H,13,14,15,17). The van der Waals surface area contributed by atoms with E-state index in [-0.39, 0.29) is 17.5 Å². The van der Waals surface area contributed by atoms with E-state index >= 15 is 0 Å². The number of aryl methyl sites for hydroxylation is 2. The first-order valence-corrected chi connectivity index (χ1v) is 5.49. The van der Waals surface area contributed by atoms with Crippen LogP contribution in [0.2, 0.25) is 0 Å². The molecule has 1 aromatic rings. The fourth-order valence-corrected chi connectivity index (χ4v) is 1.26. The second-order valence-electron chi connectivity index (χ2n) is 3.58. The molecule has 2 amide bonds. The molecule has 0 fully saturated rings. The Morgan fingerprint density at radius 1 is 1.28 bits per heavy atom. The summed E-state index contributed by atoms with van der Waals surface area (Å²) in [4.78, 5) is 30.8. The van der Waals surface area contributed by atoms with Crippen molar-refractivity contribution < 1.29 is 9.59 Å². The summed E-state index contributed by atoms with van der Waals surface area (Å²) in [6.45, 7) is 3.49. The predicted molar refractivity (Wildman–Crippen MR) is 69.9 cm³/mol. The summed E-state index contributed by atoms with van der Waals surface area (Å²) in [6, 6.07) is 1.75. The Kier molecular flexibility index (Phi) is 4.67. The lowest BCUT2D eigenvalue weighted by molar-refractivity contribution is -0.136. The average Bonchev–Trinajstić information content (AvgIpc) is 2.24. The van der Waals surface area contributed by atoms with E-state index in [1.807, 2.05) is 0 Å². The van der Waals surface area contributed by atoms with Gasteiger partial charge in [-0.15, -0.1) is 0 Å². The molecule has 0 saturated heterocycles. The van der Waals surface area contributed by atoms with Gasteiger partial charge in [0, 0.05) is 11.4 Å². The number of nitrogens with one attached hydrogen (secondary N) is 2. The highest BCUT2D eigenvalue weighted by Gasteiger charge is 2.14. The summed E-state index contributed by atoms with van der Waals surface area (Å²) in [5, 5.41) is 4.55. The number of amides is 2. The maximum atomic E-state index is 11.5. The van der Waals surface area contributed by atoms with E-state index in [4.69, 9.17) is 5.73 Å². The van der Waals surface area contributed by atoms with Crippen LogP contribution in [0.1, 0.15) is 11.4 Å². The lowest BCUT2D eigenvalue weighted by Crippen LogP contribution is -2.39. The topological polar surface area (TPSA) is 110 Å². The van der Waals surface area contributed by atoms with Gasteiger partial charge in [-0.25, -0.2) is 9.97 Å². The smallest absolute Gasteiger partial charge is 0.316 e. The van der Waals surface area contributed by atoms with Gasteiger partial charge in [0.1, 0.15) is 0 Å². The molecular weight excluding hydrogens is 254 g/mol. The fraction of sp³-hybridized carbons (Fsp3) is 0.300. The second kappa shape index (κ2) is 6.01. The van der Waals surface area contributed by atoms with Crippen molar-refractivity contribution in [3.63, 3.8) is 0 Å². The zero-order valence-electron chi connectivity index (χ0n) is 9.98. The van der Waals surface area contributed by atoms with Crippen molar-refractivity contribution >= 4 is 35.0 Å². The van der Waals surface area contributed by atoms with Crippen LogP contribution in [0.5, 0.6) is 0 Å². The minimum absolute atomic E-state index is 0.0325. The predicted octanol–water partition coefficient (Wildman–Crippen LogP) is -0.566. The molecule has 18 heavy (non-hydrogen) atoms. The molecule has 4 N–H and O–H groups in total. The number of hydrogen-bond acceptors (Lipinski definition) is 5. The first kappa shape index (κ1) is 14.0.